The number of fused-ring (bicyclic) bond motifs is 1. The molecule has 1 aliphatic rings. The summed E-state index contributed by atoms with van der Waals surface area (Å²) in [5.74, 6) is 0.305. The van der Waals surface area contributed by atoms with E-state index >= 15 is 0 Å². The first-order valence-electron chi connectivity index (χ1n) is 10.4. The largest absolute Gasteiger partial charge is 0.497 e. The summed E-state index contributed by atoms with van der Waals surface area (Å²) in [6, 6.07) is 6.99. The van der Waals surface area contributed by atoms with Crippen molar-refractivity contribution in [3.8, 4) is 17.2 Å². The minimum Gasteiger partial charge on any atom is -0.497 e. The first kappa shape index (κ1) is 24.5. The summed E-state index contributed by atoms with van der Waals surface area (Å²) in [6.45, 7) is 0. The molecule has 4 rings (SSSR count). The van der Waals surface area contributed by atoms with Crippen LogP contribution in [0.2, 0.25) is 5.02 Å². The van der Waals surface area contributed by atoms with Crippen LogP contribution in [-0.4, -0.2) is 43.2 Å². The monoisotopic (exact) mass is 510 g/mol. The molecule has 1 amide bonds. The number of ether oxygens (including phenoxy) is 3. The molecule has 2 heterocycles. The van der Waals surface area contributed by atoms with Gasteiger partial charge in [0.2, 0.25) is 0 Å². The molecule has 3 aromatic rings. The van der Waals surface area contributed by atoms with Crippen LogP contribution >= 0.6 is 11.6 Å². The summed E-state index contributed by atoms with van der Waals surface area (Å²) in [5.41, 5.74) is 0.746. The number of anilines is 2. The van der Waals surface area contributed by atoms with E-state index in [0.29, 0.717) is 11.3 Å². The van der Waals surface area contributed by atoms with E-state index in [1.165, 1.54) is 33.5 Å². The van der Waals surface area contributed by atoms with Crippen LogP contribution in [0.15, 0.2) is 42.6 Å². The van der Waals surface area contributed by atoms with Crippen molar-refractivity contribution in [2.24, 2.45) is 0 Å². The SMILES string of the molecule is COc1cccc([C@H]2C[C@H](C(F)(F)F)n3ncc(C(=O)Nc4cc(OC)c(Cl)cc4OC)c3N2)c1. The fourth-order valence-electron chi connectivity index (χ4n) is 3.95. The van der Waals surface area contributed by atoms with Gasteiger partial charge in [-0.05, 0) is 17.7 Å². The molecule has 1 aliphatic heterocycles. The van der Waals surface area contributed by atoms with Gasteiger partial charge in [0, 0.05) is 18.6 Å². The van der Waals surface area contributed by atoms with Crippen molar-refractivity contribution in [3.63, 3.8) is 0 Å². The molecule has 0 bridgehead atoms. The number of rotatable bonds is 6. The standard InChI is InChI=1S/C23H22ClF3N4O4/c1-33-13-6-4-5-12(7-13)16-10-20(23(25,26)27)31-21(29-16)14(11-28-31)22(32)30-17-9-18(34-2)15(24)8-19(17)35-3/h4-9,11,16,20,29H,10H2,1-3H3,(H,30,32)/t16-,20-/m1/s1. The molecule has 0 fully saturated rings. The number of carbonyl (C=O) groups excluding carboxylic acids is 1. The third kappa shape index (κ3) is 4.81. The number of halogens is 4. The highest BCUT2D eigenvalue weighted by Crippen LogP contribution is 2.45. The topological polar surface area (TPSA) is 86.6 Å². The summed E-state index contributed by atoms with van der Waals surface area (Å²) in [6.07, 6.45) is -3.79. The van der Waals surface area contributed by atoms with Crippen LogP contribution in [0.3, 0.4) is 0 Å². The van der Waals surface area contributed by atoms with Crippen LogP contribution in [-0.2, 0) is 0 Å². The average molecular weight is 511 g/mol. The van der Waals surface area contributed by atoms with E-state index in [-0.39, 0.29) is 40.0 Å². The maximum absolute atomic E-state index is 14.0. The van der Waals surface area contributed by atoms with E-state index in [1.54, 1.807) is 24.3 Å². The number of hydrogen-bond acceptors (Lipinski definition) is 6. The molecule has 0 saturated carbocycles. The van der Waals surface area contributed by atoms with Gasteiger partial charge in [0.1, 0.15) is 28.6 Å². The molecule has 12 heteroatoms. The van der Waals surface area contributed by atoms with E-state index in [4.69, 9.17) is 25.8 Å². The minimum atomic E-state index is -4.58. The van der Waals surface area contributed by atoms with E-state index < -0.39 is 24.2 Å². The molecule has 2 atom stereocenters. The predicted octanol–water partition coefficient (Wildman–Crippen LogP) is 5.47. The summed E-state index contributed by atoms with van der Waals surface area (Å²) in [4.78, 5) is 13.2. The van der Waals surface area contributed by atoms with Gasteiger partial charge in [-0.3, -0.25) is 4.79 Å². The van der Waals surface area contributed by atoms with Crippen molar-refractivity contribution in [1.82, 2.24) is 9.78 Å². The number of methoxy groups -OCH3 is 3. The molecule has 186 valence electrons. The molecule has 8 nitrogen and oxygen atoms in total. The maximum atomic E-state index is 14.0. The van der Waals surface area contributed by atoms with Gasteiger partial charge in [0.05, 0.1) is 44.3 Å². The highest BCUT2D eigenvalue weighted by Gasteiger charge is 2.47. The highest BCUT2D eigenvalue weighted by atomic mass is 35.5. The van der Waals surface area contributed by atoms with Crippen LogP contribution in [0.4, 0.5) is 24.7 Å². The van der Waals surface area contributed by atoms with Crippen molar-refractivity contribution >= 4 is 29.0 Å². The zero-order chi connectivity index (χ0) is 25.3. The first-order chi connectivity index (χ1) is 16.7. The van der Waals surface area contributed by atoms with Crippen LogP contribution in [0.5, 0.6) is 17.2 Å². The average Bonchev–Trinajstić information content (AvgIpc) is 3.27. The third-order valence-electron chi connectivity index (χ3n) is 5.70. The van der Waals surface area contributed by atoms with Gasteiger partial charge in [0.15, 0.2) is 6.04 Å². The Labute approximate surface area is 203 Å². The predicted molar refractivity (Wildman–Crippen MR) is 124 cm³/mol. The highest BCUT2D eigenvalue weighted by molar-refractivity contribution is 6.32. The van der Waals surface area contributed by atoms with Crippen LogP contribution in [0.25, 0.3) is 0 Å². The Bertz CT molecular complexity index is 1250. The van der Waals surface area contributed by atoms with Crippen LogP contribution in [0.1, 0.15) is 34.4 Å². The molecule has 1 aromatic heterocycles. The Kier molecular flexibility index (Phi) is 6.70. The summed E-state index contributed by atoms with van der Waals surface area (Å²) >= 11 is 6.11. The number of amides is 1. The van der Waals surface area contributed by atoms with Crippen molar-refractivity contribution in [3.05, 3.63) is 58.7 Å². The van der Waals surface area contributed by atoms with Gasteiger partial charge in [0.25, 0.3) is 5.91 Å². The molecule has 2 aromatic carbocycles. The second-order valence-corrected chi connectivity index (χ2v) is 8.17. The molecule has 35 heavy (non-hydrogen) atoms. The zero-order valence-corrected chi connectivity index (χ0v) is 19.7. The van der Waals surface area contributed by atoms with Gasteiger partial charge in [-0.25, -0.2) is 4.68 Å². The number of aromatic nitrogens is 2. The van der Waals surface area contributed by atoms with E-state index in [0.717, 1.165) is 10.9 Å². The lowest BCUT2D eigenvalue weighted by Gasteiger charge is -2.34. The van der Waals surface area contributed by atoms with Gasteiger partial charge in [-0.1, -0.05) is 23.7 Å². The third-order valence-corrected chi connectivity index (χ3v) is 6.00. The number of benzene rings is 2. The number of nitrogens with zero attached hydrogens (tertiary/aromatic N) is 2. The summed E-state index contributed by atoms with van der Waals surface area (Å²) < 4.78 is 58.4. The quantitative estimate of drug-likeness (QED) is 0.457. The van der Waals surface area contributed by atoms with E-state index in [2.05, 4.69) is 15.7 Å². The Balaban J connectivity index is 1.71. The van der Waals surface area contributed by atoms with Crippen molar-refractivity contribution in [2.75, 3.05) is 32.0 Å². The fraction of sp³-hybridized carbons (Fsp3) is 0.304. The van der Waals surface area contributed by atoms with Crippen molar-refractivity contribution in [1.29, 1.82) is 0 Å². The molecule has 0 spiro atoms. The zero-order valence-electron chi connectivity index (χ0n) is 18.9. The number of nitrogens with one attached hydrogen (secondary N) is 2. The van der Waals surface area contributed by atoms with Crippen LogP contribution in [0, 0.1) is 0 Å². The smallest absolute Gasteiger partial charge is 0.410 e. The summed E-state index contributed by atoms with van der Waals surface area (Å²) in [7, 11) is 4.28. The second kappa shape index (κ2) is 9.57. The molecule has 0 radical (unpaired) electrons. The molecular weight excluding hydrogens is 489 g/mol. The van der Waals surface area contributed by atoms with Gasteiger partial charge >= 0.3 is 6.18 Å². The van der Waals surface area contributed by atoms with Gasteiger partial charge in [-0.2, -0.15) is 18.3 Å². The molecule has 0 saturated heterocycles. The lowest BCUT2D eigenvalue weighted by molar-refractivity contribution is -0.173. The van der Waals surface area contributed by atoms with Crippen LogP contribution < -0.4 is 24.8 Å². The first-order valence-corrected chi connectivity index (χ1v) is 10.8. The maximum Gasteiger partial charge on any atom is 0.410 e. The lowest BCUT2D eigenvalue weighted by Crippen LogP contribution is -2.36. The van der Waals surface area contributed by atoms with Crippen molar-refractivity contribution in [2.45, 2.75) is 24.7 Å². The Morgan fingerprint density at radius 1 is 1.14 bits per heavy atom. The molecular formula is C23H22ClF3N4O4. The Morgan fingerprint density at radius 3 is 2.54 bits per heavy atom. The van der Waals surface area contributed by atoms with Gasteiger partial charge in [-0.15, -0.1) is 0 Å². The molecule has 2 N–H and O–H groups in total. The van der Waals surface area contributed by atoms with Gasteiger partial charge < -0.3 is 24.8 Å². The number of carbonyl (C=O) groups is 1. The number of hydrogen-bond donors (Lipinski definition) is 2. The van der Waals surface area contributed by atoms with E-state index in [9.17, 15) is 18.0 Å². The molecule has 0 unspecified atom stereocenters. The normalized spacial score (nSPS) is 17.2. The Hall–Kier alpha value is -3.60. The Morgan fingerprint density at radius 2 is 1.89 bits per heavy atom. The number of alkyl halides is 3. The fourth-order valence-corrected chi connectivity index (χ4v) is 4.18. The summed E-state index contributed by atoms with van der Waals surface area (Å²) in [5, 5.41) is 9.85. The minimum absolute atomic E-state index is 0.0520. The van der Waals surface area contributed by atoms with E-state index in [1.807, 2.05) is 0 Å². The lowest BCUT2D eigenvalue weighted by atomic mass is 9.96. The molecule has 0 aliphatic carbocycles. The van der Waals surface area contributed by atoms with Crippen molar-refractivity contribution < 1.29 is 32.2 Å². The second-order valence-electron chi connectivity index (χ2n) is 7.76.